The number of nitrogens with zero attached hydrogens (tertiary/aromatic N) is 3. The van der Waals surface area contributed by atoms with Crippen LogP contribution in [0.1, 0.15) is 42.1 Å². The van der Waals surface area contributed by atoms with E-state index < -0.39 is 29.1 Å². The van der Waals surface area contributed by atoms with Gasteiger partial charge < -0.3 is 10.5 Å². The van der Waals surface area contributed by atoms with Crippen LogP contribution in [-0.4, -0.2) is 49.8 Å². The molecule has 3 heterocycles. The lowest BCUT2D eigenvalue weighted by Crippen LogP contribution is -2.45. The monoisotopic (exact) mass is 452 g/mol. The second-order valence-corrected chi connectivity index (χ2v) is 9.62. The van der Waals surface area contributed by atoms with Gasteiger partial charge >= 0.3 is 12.1 Å². The molecule has 8 nitrogen and oxygen atoms in total. The molecule has 2 atom stereocenters. The predicted octanol–water partition coefficient (Wildman–Crippen LogP) is 4.20. The number of thioether (sulfide) groups is 1. The molecule has 1 fully saturated rings. The van der Waals surface area contributed by atoms with Crippen molar-refractivity contribution in [3.8, 4) is 0 Å². The van der Waals surface area contributed by atoms with Crippen LogP contribution in [0, 0.1) is 0 Å². The first kappa shape index (κ1) is 21.9. The van der Waals surface area contributed by atoms with Crippen molar-refractivity contribution in [1.82, 2.24) is 14.5 Å². The van der Waals surface area contributed by atoms with Crippen molar-refractivity contribution in [2.24, 2.45) is 5.73 Å². The number of benzene rings is 1. The summed E-state index contributed by atoms with van der Waals surface area (Å²) in [5, 5.41) is 0.206. The molecule has 32 heavy (non-hydrogen) atoms. The molecule has 2 N–H and O–H groups in total. The average Bonchev–Trinajstić information content (AvgIpc) is 3.35. The average molecular weight is 453 g/mol. The van der Waals surface area contributed by atoms with Gasteiger partial charge in [0, 0.05) is 40.9 Å². The highest BCUT2D eigenvalue weighted by Crippen LogP contribution is 2.42. The normalized spacial score (nSPS) is 18.7. The molecule has 0 saturated carbocycles. The van der Waals surface area contributed by atoms with E-state index in [9.17, 15) is 14.4 Å². The minimum absolute atomic E-state index is 0.277. The number of fused-ring (bicyclic) bond motifs is 1. The summed E-state index contributed by atoms with van der Waals surface area (Å²) in [6.07, 6.45) is 4.22. The molecule has 1 aromatic carbocycles. The number of hydrogen-bond acceptors (Lipinski definition) is 6. The third-order valence-electron chi connectivity index (χ3n) is 5.09. The molecule has 1 saturated heterocycles. The number of nitrogens with two attached hydrogens (primary N) is 1. The smallest absolute Gasteiger partial charge is 0.419 e. The number of rotatable bonds is 3. The topological polar surface area (TPSA) is 108 Å². The van der Waals surface area contributed by atoms with Crippen molar-refractivity contribution < 1.29 is 19.1 Å². The third kappa shape index (κ3) is 4.08. The molecule has 2 amide bonds. The highest BCUT2D eigenvalue weighted by atomic mass is 32.2. The number of pyridine rings is 1. The van der Waals surface area contributed by atoms with E-state index in [1.165, 1.54) is 27.4 Å². The molecule has 9 heteroatoms. The second-order valence-electron chi connectivity index (χ2n) is 8.51. The Labute approximate surface area is 189 Å². The van der Waals surface area contributed by atoms with Gasteiger partial charge in [0.2, 0.25) is 0 Å². The molecule has 0 spiro atoms. The third-order valence-corrected chi connectivity index (χ3v) is 6.42. The van der Waals surface area contributed by atoms with Crippen molar-refractivity contribution in [1.29, 1.82) is 0 Å². The summed E-state index contributed by atoms with van der Waals surface area (Å²) in [7, 11) is 0. The summed E-state index contributed by atoms with van der Waals surface area (Å²) >= 11 is 1.46. The van der Waals surface area contributed by atoms with Gasteiger partial charge in [-0.15, -0.1) is 11.8 Å². The first-order chi connectivity index (χ1) is 15.2. The van der Waals surface area contributed by atoms with Crippen molar-refractivity contribution in [3.63, 3.8) is 0 Å². The minimum atomic E-state index is -0.763. The minimum Gasteiger partial charge on any atom is -0.443 e. The number of hydrogen-bond donors (Lipinski definition) is 1. The maximum atomic E-state index is 13.6. The van der Waals surface area contributed by atoms with Crippen LogP contribution in [0.3, 0.4) is 0 Å². The quantitative estimate of drug-likeness (QED) is 0.597. The van der Waals surface area contributed by atoms with E-state index in [-0.39, 0.29) is 5.78 Å². The molecule has 0 aliphatic carbocycles. The van der Waals surface area contributed by atoms with E-state index in [0.29, 0.717) is 22.2 Å². The van der Waals surface area contributed by atoms with Gasteiger partial charge in [-0.1, -0.05) is 24.3 Å². The van der Waals surface area contributed by atoms with Crippen LogP contribution >= 0.6 is 11.8 Å². The fourth-order valence-electron chi connectivity index (χ4n) is 3.77. The maximum absolute atomic E-state index is 13.6. The van der Waals surface area contributed by atoms with E-state index >= 15 is 0 Å². The van der Waals surface area contributed by atoms with Gasteiger partial charge in [0.1, 0.15) is 17.0 Å². The number of carbonyl (C=O) groups excluding carboxylic acids is 3. The van der Waals surface area contributed by atoms with Crippen molar-refractivity contribution >= 4 is 40.6 Å². The summed E-state index contributed by atoms with van der Waals surface area (Å²) in [5.41, 5.74) is 6.70. The fourth-order valence-corrected chi connectivity index (χ4v) is 5.19. The number of carbonyl (C=O) groups is 3. The van der Waals surface area contributed by atoms with Crippen LogP contribution < -0.4 is 5.73 Å². The number of aromatic nitrogens is 2. The summed E-state index contributed by atoms with van der Waals surface area (Å²) in [6.45, 7) is 5.34. The summed E-state index contributed by atoms with van der Waals surface area (Å²) < 4.78 is 6.84. The number of Topliss-reactive ketones (excluding diaryl/α,β-unsaturated/α-hetero) is 1. The number of ether oxygens (including phenoxy) is 1. The Balaban J connectivity index is 1.72. The van der Waals surface area contributed by atoms with E-state index in [1.807, 2.05) is 6.07 Å². The number of primary amides is 1. The number of amides is 2. The lowest BCUT2D eigenvalue weighted by Gasteiger charge is -2.26. The van der Waals surface area contributed by atoms with E-state index in [4.69, 9.17) is 10.5 Å². The van der Waals surface area contributed by atoms with Gasteiger partial charge in [-0.3, -0.25) is 19.2 Å². The molecule has 2 unspecified atom stereocenters. The molecular formula is C23H24N4O4S. The van der Waals surface area contributed by atoms with Crippen LogP contribution in [-0.2, 0) is 4.74 Å². The Bertz CT molecular complexity index is 1190. The molecule has 0 bridgehead atoms. The zero-order valence-corrected chi connectivity index (χ0v) is 18.8. The second kappa shape index (κ2) is 8.31. The SMILES string of the molecule is CC(C)(C)OC(=O)n1cc(C(=O)C2CSC(c3cccnc3)N2C(N)=O)c2ccccc21. The van der Waals surface area contributed by atoms with Gasteiger partial charge in [0.15, 0.2) is 5.78 Å². The number of urea groups is 1. The Morgan fingerprint density at radius 1 is 1.16 bits per heavy atom. The highest BCUT2D eigenvalue weighted by molar-refractivity contribution is 7.99. The first-order valence-electron chi connectivity index (χ1n) is 10.1. The Hall–Kier alpha value is -3.33. The summed E-state index contributed by atoms with van der Waals surface area (Å²) in [6, 6.07) is 9.30. The van der Waals surface area contributed by atoms with Crippen LogP contribution in [0.4, 0.5) is 9.59 Å². The van der Waals surface area contributed by atoms with E-state index in [2.05, 4.69) is 4.98 Å². The van der Waals surface area contributed by atoms with Gasteiger partial charge in [0.05, 0.1) is 5.52 Å². The number of ketones is 1. The zero-order chi connectivity index (χ0) is 23.0. The Morgan fingerprint density at radius 3 is 2.56 bits per heavy atom. The van der Waals surface area contributed by atoms with Crippen molar-refractivity contribution in [2.45, 2.75) is 37.8 Å². The molecule has 0 radical (unpaired) electrons. The summed E-state index contributed by atoms with van der Waals surface area (Å²) in [4.78, 5) is 44.3. The molecule has 3 aromatic rings. The summed E-state index contributed by atoms with van der Waals surface area (Å²) in [5.74, 6) is 0.106. The number of para-hydroxylation sites is 1. The molecule has 2 aromatic heterocycles. The fraction of sp³-hybridized carbons (Fsp3) is 0.304. The van der Waals surface area contributed by atoms with Crippen LogP contribution in [0.5, 0.6) is 0 Å². The van der Waals surface area contributed by atoms with Crippen molar-refractivity contribution in [3.05, 3.63) is 66.1 Å². The molecular weight excluding hydrogens is 428 g/mol. The lowest BCUT2D eigenvalue weighted by atomic mass is 10.0. The standard InChI is InChI=1S/C23H24N4O4S/c1-23(2,3)31-22(30)26-12-16(15-8-4-5-9-17(15)26)19(28)18-13-32-20(27(18)21(24)29)14-7-6-10-25-11-14/h4-12,18,20H,13H2,1-3H3,(H2,24,29). The zero-order valence-electron chi connectivity index (χ0n) is 18.0. The molecule has 1 aliphatic heterocycles. The van der Waals surface area contributed by atoms with Gasteiger partial charge in [-0.2, -0.15) is 0 Å². The Morgan fingerprint density at radius 2 is 1.91 bits per heavy atom. The van der Waals surface area contributed by atoms with Crippen LogP contribution in [0.2, 0.25) is 0 Å². The lowest BCUT2D eigenvalue weighted by molar-refractivity contribution is 0.0544. The highest BCUT2D eigenvalue weighted by Gasteiger charge is 2.42. The maximum Gasteiger partial charge on any atom is 0.419 e. The first-order valence-corrected chi connectivity index (χ1v) is 11.2. The molecule has 166 valence electrons. The van der Waals surface area contributed by atoms with Crippen molar-refractivity contribution in [2.75, 3.05) is 5.75 Å². The van der Waals surface area contributed by atoms with E-state index in [0.717, 1.165) is 5.56 Å². The van der Waals surface area contributed by atoms with Gasteiger partial charge in [-0.25, -0.2) is 9.59 Å². The predicted molar refractivity (Wildman–Crippen MR) is 123 cm³/mol. The largest absolute Gasteiger partial charge is 0.443 e. The van der Waals surface area contributed by atoms with Crippen LogP contribution in [0.25, 0.3) is 10.9 Å². The molecule has 1 aliphatic rings. The molecule has 4 rings (SSSR count). The van der Waals surface area contributed by atoms with Gasteiger partial charge in [-0.05, 0) is 32.9 Å². The Kier molecular flexibility index (Phi) is 5.68. The van der Waals surface area contributed by atoms with Gasteiger partial charge in [0.25, 0.3) is 0 Å². The van der Waals surface area contributed by atoms with E-state index in [1.54, 1.807) is 63.5 Å². The van der Waals surface area contributed by atoms with Crippen LogP contribution in [0.15, 0.2) is 55.0 Å².